The molecule has 0 saturated heterocycles. The maximum atomic E-state index is 10.9. The first-order valence-electron chi connectivity index (χ1n) is 5.24. The SMILES string of the molecule is CS(=O)(=O)CCCNCc1cc(Cl)ccc1O. The van der Waals surface area contributed by atoms with Crippen LogP contribution in [0.4, 0.5) is 0 Å². The van der Waals surface area contributed by atoms with E-state index in [1.165, 1.54) is 12.3 Å². The van der Waals surface area contributed by atoms with Crippen molar-refractivity contribution in [2.45, 2.75) is 13.0 Å². The van der Waals surface area contributed by atoms with Gasteiger partial charge in [0.25, 0.3) is 0 Å². The summed E-state index contributed by atoms with van der Waals surface area (Å²) in [5.41, 5.74) is 0.705. The number of phenols is 1. The van der Waals surface area contributed by atoms with Crippen molar-refractivity contribution in [3.05, 3.63) is 28.8 Å². The first-order valence-corrected chi connectivity index (χ1v) is 7.68. The van der Waals surface area contributed by atoms with E-state index in [-0.39, 0.29) is 11.5 Å². The van der Waals surface area contributed by atoms with Gasteiger partial charge in [0.2, 0.25) is 0 Å². The van der Waals surface area contributed by atoms with Crippen molar-refractivity contribution in [2.75, 3.05) is 18.6 Å². The second-order valence-corrected chi connectivity index (χ2v) is 6.63. The zero-order chi connectivity index (χ0) is 12.9. The molecule has 0 bridgehead atoms. The molecule has 0 fully saturated rings. The van der Waals surface area contributed by atoms with E-state index in [0.717, 1.165) is 0 Å². The number of aromatic hydroxyl groups is 1. The molecule has 4 nitrogen and oxygen atoms in total. The average molecular weight is 278 g/mol. The van der Waals surface area contributed by atoms with Crippen molar-refractivity contribution in [1.82, 2.24) is 5.32 Å². The van der Waals surface area contributed by atoms with Gasteiger partial charge in [-0.05, 0) is 31.2 Å². The van der Waals surface area contributed by atoms with E-state index in [4.69, 9.17) is 11.6 Å². The number of hydrogen-bond acceptors (Lipinski definition) is 4. The van der Waals surface area contributed by atoms with Crippen molar-refractivity contribution in [3.63, 3.8) is 0 Å². The molecular weight excluding hydrogens is 262 g/mol. The summed E-state index contributed by atoms with van der Waals surface area (Å²) in [6, 6.07) is 4.83. The molecule has 0 atom stereocenters. The highest BCUT2D eigenvalue weighted by molar-refractivity contribution is 7.90. The van der Waals surface area contributed by atoms with E-state index in [2.05, 4.69) is 5.32 Å². The molecule has 0 aromatic heterocycles. The predicted octanol–water partition coefficient (Wildman–Crippen LogP) is 1.57. The molecule has 0 aliphatic rings. The Morgan fingerprint density at radius 2 is 2.12 bits per heavy atom. The molecule has 0 radical (unpaired) electrons. The molecule has 96 valence electrons. The summed E-state index contributed by atoms with van der Waals surface area (Å²) in [4.78, 5) is 0. The molecule has 1 rings (SSSR count). The van der Waals surface area contributed by atoms with Gasteiger partial charge < -0.3 is 10.4 Å². The van der Waals surface area contributed by atoms with Gasteiger partial charge in [-0.1, -0.05) is 11.6 Å². The Kier molecular flexibility index (Phi) is 5.24. The first-order chi connectivity index (χ1) is 7.88. The van der Waals surface area contributed by atoms with Crippen LogP contribution in [0.5, 0.6) is 5.75 Å². The molecule has 0 unspecified atom stereocenters. The quantitative estimate of drug-likeness (QED) is 0.775. The zero-order valence-corrected chi connectivity index (χ0v) is 11.2. The number of rotatable bonds is 6. The van der Waals surface area contributed by atoms with E-state index in [0.29, 0.717) is 30.1 Å². The third-order valence-electron chi connectivity index (χ3n) is 2.23. The van der Waals surface area contributed by atoms with Crippen LogP contribution in [0.15, 0.2) is 18.2 Å². The van der Waals surface area contributed by atoms with Crippen LogP contribution >= 0.6 is 11.6 Å². The van der Waals surface area contributed by atoms with Gasteiger partial charge in [0.1, 0.15) is 15.6 Å². The maximum absolute atomic E-state index is 10.9. The number of sulfone groups is 1. The fourth-order valence-electron chi connectivity index (χ4n) is 1.38. The molecule has 0 aliphatic heterocycles. The van der Waals surface area contributed by atoms with E-state index in [1.54, 1.807) is 12.1 Å². The van der Waals surface area contributed by atoms with Crippen LogP contribution in [0.3, 0.4) is 0 Å². The highest BCUT2D eigenvalue weighted by Gasteiger charge is 2.03. The number of benzene rings is 1. The third-order valence-corrected chi connectivity index (χ3v) is 3.49. The molecule has 6 heteroatoms. The van der Waals surface area contributed by atoms with Gasteiger partial charge in [0, 0.05) is 23.4 Å². The van der Waals surface area contributed by atoms with Gasteiger partial charge in [0.15, 0.2) is 0 Å². The lowest BCUT2D eigenvalue weighted by atomic mass is 10.2. The Balaban J connectivity index is 2.34. The molecule has 17 heavy (non-hydrogen) atoms. The molecule has 2 N–H and O–H groups in total. The minimum atomic E-state index is -2.89. The Bertz CT molecular complexity index is 474. The van der Waals surface area contributed by atoms with E-state index < -0.39 is 9.84 Å². The van der Waals surface area contributed by atoms with Gasteiger partial charge in [-0.15, -0.1) is 0 Å². The van der Waals surface area contributed by atoms with E-state index in [9.17, 15) is 13.5 Å². The lowest BCUT2D eigenvalue weighted by molar-refractivity contribution is 0.464. The zero-order valence-electron chi connectivity index (χ0n) is 9.61. The topological polar surface area (TPSA) is 66.4 Å². The van der Waals surface area contributed by atoms with Crippen LogP contribution in [-0.2, 0) is 16.4 Å². The molecule has 0 saturated carbocycles. The lowest BCUT2D eigenvalue weighted by Gasteiger charge is -2.07. The maximum Gasteiger partial charge on any atom is 0.147 e. The van der Waals surface area contributed by atoms with Crippen molar-refractivity contribution in [2.24, 2.45) is 0 Å². The monoisotopic (exact) mass is 277 g/mol. The first kappa shape index (κ1) is 14.3. The normalized spacial score (nSPS) is 11.6. The molecule has 0 heterocycles. The lowest BCUT2D eigenvalue weighted by Crippen LogP contribution is -2.17. The van der Waals surface area contributed by atoms with Gasteiger partial charge in [-0.25, -0.2) is 8.42 Å². The second kappa shape index (κ2) is 6.23. The van der Waals surface area contributed by atoms with Crippen LogP contribution in [0.25, 0.3) is 0 Å². The standard InChI is InChI=1S/C11H16ClNO3S/c1-17(15,16)6-2-5-13-8-9-7-10(12)3-4-11(9)14/h3-4,7,13-14H,2,5-6,8H2,1H3. The summed E-state index contributed by atoms with van der Waals surface area (Å²) >= 11 is 5.80. The van der Waals surface area contributed by atoms with Crippen molar-refractivity contribution in [1.29, 1.82) is 0 Å². The molecule has 0 aliphatic carbocycles. The highest BCUT2D eigenvalue weighted by Crippen LogP contribution is 2.20. The minimum Gasteiger partial charge on any atom is -0.508 e. The van der Waals surface area contributed by atoms with Crippen LogP contribution in [0, 0.1) is 0 Å². The van der Waals surface area contributed by atoms with Crippen molar-refractivity contribution >= 4 is 21.4 Å². The fourth-order valence-corrected chi connectivity index (χ4v) is 2.24. The number of phenolic OH excluding ortho intramolecular Hbond substituents is 1. The number of halogens is 1. The van der Waals surface area contributed by atoms with Crippen LogP contribution < -0.4 is 5.32 Å². The van der Waals surface area contributed by atoms with Crippen molar-refractivity contribution in [3.8, 4) is 5.75 Å². The Labute approximate surface area is 107 Å². The van der Waals surface area contributed by atoms with Gasteiger partial charge in [-0.2, -0.15) is 0 Å². The Morgan fingerprint density at radius 1 is 1.41 bits per heavy atom. The number of nitrogens with one attached hydrogen (secondary N) is 1. The fraction of sp³-hybridized carbons (Fsp3) is 0.455. The minimum absolute atomic E-state index is 0.168. The third kappa shape index (κ3) is 5.91. The summed E-state index contributed by atoms with van der Waals surface area (Å²) in [5.74, 6) is 0.353. The number of hydrogen-bond donors (Lipinski definition) is 2. The summed E-state index contributed by atoms with van der Waals surface area (Å²) in [5, 5.41) is 13.2. The van der Waals surface area contributed by atoms with Crippen LogP contribution in [0.1, 0.15) is 12.0 Å². The highest BCUT2D eigenvalue weighted by atomic mass is 35.5. The summed E-state index contributed by atoms with van der Waals surface area (Å²) in [6.07, 6.45) is 1.77. The van der Waals surface area contributed by atoms with Gasteiger partial charge in [0.05, 0.1) is 5.75 Å². The predicted molar refractivity (Wildman–Crippen MR) is 69.2 cm³/mol. The summed E-state index contributed by atoms with van der Waals surface area (Å²) < 4.78 is 21.8. The molecule has 0 amide bonds. The van der Waals surface area contributed by atoms with Gasteiger partial charge >= 0.3 is 0 Å². The summed E-state index contributed by atoms with van der Waals surface area (Å²) in [6.45, 7) is 1.05. The Hall–Kier alpha value is -0.780. The Morgan fingerprint density at radius 3 is 2.76 bits per heavy atom. The van der Waals surface area contributed by atoms with E-state index in [1.807, 2.05) is 0 Å². The van der Waals surface area contributed by atoms with Crippen LogP contribution in [-0.4, -0.2) is 32.1 Å². The van der Waals surface area contributed by atoms with Gasteiger partial charge in [-0.3, -0.25) is 0 Å². The smallest absolute Gasteiger partial charge is 0.147 e. The largest absolute Gasteiger partial charge is 0.508 e. The van der Waals surface area contributed by atoms with E-state index >= 15 is 0 Å². The summed E-state index contributed by atoms with van der Waals surface area (Å²) in [7, 11) is -2.89. The molecule has 0 spiro atoms. The van der Waals surface area contributed by atoms with Crippen LogP contribution in [0.2, 0.25) is 5.02 Å². The average Bonchev–Trinajstić information content (AvgIpc) is 2.21. The second-order valence-electron chi connectivity index (χ2n) is 3.93. The molecule has 1 aromatic carbocycles. The molecule has 1 aromatic rings. The molecular formula is C11H16ClNO3S. The van der Waals surface area contributed by atoms with Crippen molar-refractivity contribution < 1.29 is 13.5 Å².